The van der Waals surface area contributed by atoms with Crippen molar-refractivity contribution in [3.8, 4) is 5.75 Å². The molecule has 34 heavy (non-hydrogen) atoms. The van der Waals surface area contributed by atoms with Gasteiger partial charge in [0, 0.05) is 50.8 Å². The number of carbonyl (C=O) groups is 3. The fourth-order valence-corrected chi connectivity index (χ4v) is 3.36. The molecule has 3 aliphatic heterocycles. The minimum Gasteiger partial charge on any atom is -0.488 e. The molecule has 0 unspecified atom stereocenters. The first kappa shape index (κ1) is 11.0. The Morgan fingerprint density at radius 2 is 2.06 bits per heavy atom. The summed E-state index contributed by atoms with van der Waals surface area (Å²) in [4.78, 5) is 37.6. The molecule has 0 saturated carbocycles. The second-order valence-electron chi connectivity index (χ2n) is 7.13. The molecule has 5 rings (SSSR count). The predicted molar refractivity (Wildman–Crippen MR) is 119 cm³/mol. The third-order valence-electron chi connectivity index (χ3n) is 4.96. The maximum absolute atomic E-state index is 15.7. The van der Waals surface area contributed by atoms with Gasteiger partial charge in [0.15, 0.2) is 0 Å². The Morgan fingerprint density at radius 3 is 2.82 bits per heavy atom. The fourth-order valence-electron chi connectivity index (χ4n) is 3.36. The van der Waals surface area contributed by atoms with E-state index in [1.54, 1.807) is 0 Å². The molecule has 0 aromatic heterocycles. The first-order chi connectivity index (χ1) is 22.1. The van der Waals surface area contributed by atoms with Crippen LogP contribution in [0.3, 0.4) is 0 Å². The summed E-state index contributed by atoms with van der Waals surface area (Å²) in [6.07, 6.45) is -0.937. The van der Waals surface area contributed by atoms with E-state index >= 15 is 4.39 Å². The second kappa shape index (κ2) is 9.52. The summed E-state index contributed by atoms with van der Waals surface area (Å²) in [7, 11) is 0. The molecule has 2 fully saturated rings. The van der Waals surface area contributed by atoms with Gasteiger partial charge in [0.2, 0.25) is 11.8 Å². The van der Waals surface area contributed by atoms with Gasteiger partial charge in [-0.3, -0.25) is 24.6 Å². The number of morpholine rings is 1. The van der Waals surface area contributed by atoms with E-state index < -0.39 is 115 Å². The normalized spacial score (nSPS) is 37.9. The SMILES string of the molecule is [2H]C([2H])(Oc1cccc2c1C([2H])([2H])N([C@]1([2H])CCC(=O)NC1=O)C2=O)c1ccc(C([2H])([2H])N2C([2H])([2H])C([2H])([2H])OC([2H])([2H])C2([2H])[2H])cc1F. The van der Waals surface area contributed by atoms with Gasteiger partial charge in [-0.2, -0.15) is 0 Å². The standard InChI is InChI=1S/C25H26FN3O5/c26-20-12-16(13-28-8-10-33-11-9-28)4-5-17(20)15-34-22-3-1-2-18-19(22)14-29(25(18)32)21-6-7-23(30)27-24(21)31/h1-5,12,21H,6-11,13-15H2,(H,27,30,31)/t21-/m1/s1/i8D2,9D2,10D2,11D2,13D2,14D2,15D2,21D. The van der Waals surface area contributed by atoms with E-state index in [4.69, 9.17) is 25.3 Å². The monoisotopic (exact) mass is 482 g/mol. The smallest absolute Gasteiger partial charge is 0.255 e. The minimum atomic E-state index is -3.69. The van der Waals surface area contributed by atoms with Gasteiger partial charge in [-0.15, -0.1) is 0 Å². The van der Waals surface area contributed by atoms with Gasteiger partial charge in [0.1, 0.15) is 24.1 Å². The zero-order chi connectivity index (χ0) is 37.1. The quantitative estimate of drug-likeness (QED) is 0.634. The fraction of sp³-hybridized carbons (Fsp3) is 0.400. The molecule has 8 nitrogen and oxygen atoms in total. The number of ether oxygens (including phenoxy) is 2. The number of benzene rings is 2. The molecule has 3 heterocycles. The molecule has 0 aliphatic carbocycles. The lowest BCUT2D eigenvalue weighted by Gasteiger charge is -2.29. The number of carbonyl (C=O) groups excluding carboxylic acids is 3. The lowest BCUT2D eigenvalue weighted by Crippen LogP contribution is -2.52. The van der Waals surface area contributed by atoms with Crippen LogP contribution in [0.2, 0.25) is 0 Å². The van der Waals surface area contributed by atoms with Crippen LogP contribution < -0.4 is 10.1 Å². The first-order valence-electron chi connectivity index (χ1n) is 17.4. The molecular formula is C25H26FN3O5. The van der Waals surface area contributed by atoms with Crippen molar-refractivity contribution in [1.29, 1.82) is 0 Å². The van der Waals surface area contributed by atoms with Crippen LogP contribution in [0.25, 0.3) is 0 Å². The number of halogens is 1. The van der Waals surface area contributed by atoms with Crippen molar-refractivity contribution in [2.24, 2.45) is 0 Å². The number of imide groups is 1. The molecule has 2 aromatic rings. The van der Waals surface area contributed by atoms with Crippen LogP contribution in [0.5, 0.6) is 5.75 Å². The molecule has 0 radical (unpaired) electrons. The van der Waals surface area contributed by atoms with Crippen LogP contribution in [-0.2, 0) is 33.9 Å². The Balaban J connectivity index is 1.51. The molecule has 178 valence electrons. The van der Waals surface area contributed by atoms with Crippen LogP contribution >= 0.6 is 0 Å². The Bertz CT molecular complexity index is 1750. The Hall–Kier alpha value is -3.30. The average Bonchev–Trinajstić information content (AvgIpc) is 3.14. The zero-order valence-electron chi connectivity index (χ0n) is 32.2. The van der Waals surface area contributed by atoms with Crippen molar-refractivity contribution in [2.75, 3.05) is 26.1 Å². The second-order valence-corrected chi connectivity index (χ2v) is 7.13. The number of piperidine rings is 1. The van der Waals surface area contributed by atoms with Crippen molar-refractivity contribution >= 4 is 17.7 Å². The highest BCUT2D eigenvalue weighted by Crippen LogP contribution is 2.34. The van der Waals surface area contributed by atoms with E-state index in [9.17, 15) is 14.4 Å². The Labute approximate surface area is 217 Å². The molecule has 0 bridgehead atoms. The summed E-state index contributed by atoms with van der Waals surface area (Å²) in [6, 6.07) is 2.39. The van der Waals surface area contributed by atoms with Crippen LogP contribution in [0, 0.1) is 5.82 Å². The highest BCUT2D eigenvalue weighted by molar-refractivity contribution is 6.05. The predicted octanol–water partition coefficient (Wildman–Crippen LogP) is 2.00. The van der Waals surface area contributed by atoms with Crippen molar-refractivity contribution in [1.82, 2.24) is 15.1 Å². The van der Waals surface area contributed by atoms with Crippen molar-refractivity contribution < 1.29 is 48.8 Å². The average molecular weight is 483 g/mol. The molecule has 1 N–H and O–H groups in total. The largest absolute Gasteiger partial charge is 0.488 e. The van der Waals surface area contributed by atoms with E-state index in [1.165, 1.54) is 6.07 Å². The Morgan fingerprint density at radius 1 is 1.24 bits per heavy atom. The van der Waals surface area contributed by atoms with E-state index in [1.807, 2.05) is 5.32 Å². The number of nitrogens with zero attached hydrogens (tertiary/aromatic N) is 2. The van der Waals surface area contributed by atoms with E-state index in [-0.39, 0.29) is 6.42 Å². The molecule has 2 aromatic carbocycles. The number of hydrogen-bond acceptors (Lipinski definition) is 6. The lowest BCUT2D eigenvalue weighted by molar-refractivity contribution is -0.136. The lowest BCUT2D eigenvalue weighted by atomic mass is 10.0. The zero-order valence-corrected chi connectivity index (χ0v) is 17.2. The minimum absolute atomic E-state index is 0.292. The number of amides is 3. The van der Waals surface area contributed by atoms with Gasteiger partial charge in [-0.05, 0) is 30.2 Å². The van der Waals surface area contributed by atoms with Crippen molar-refractivity contribution in [3.63, 3.8) is 0 Å². The number of nitrogens with one attached hydrogen (secondary N) is 1. The highest BCUT2D eigenvalue weighted by Gasteiger charge is 2.40. The molecular weight excluding hydrogens is 441 g/mol. The van der Waals surface area contributed by atoms with Gasteiger partial charge in [0.25, 0.3) is 5.91 Å². The summed E-state index contributed by atoms with van der Waals surface area (Å²) in [5.41, 5.74) is -2.89. The van der Waals surface area contributed by atoms with Crippen LogP contribution in [0.4, 0.5) is 4.39 Å². The topological polar surface area (TPSA) is 88.2 Å². The summed E-state index contributed by atoms with van der Waals surface area (Å²) < 4.78 is 149. The Kier molecular flexibility index (Phi) is 3.07. The molecule has 1 atom stereocenters. The van der Waals surface area contributed by atoms with Crippen molar-refractivity contribution in [2.45, 2.75) is 38.4 Å². The third kappa shape index (κ3) is 4.53. The molecule has 0 spiro atoms. The van der Waals surface area contributed by atoms with Gasteiger partial charge in [-0.1, -0.05) is 18.2 Å². The summed E-state index contributed by atoms with van der Waals surface area (Å²) >= 11 is 0. The molecule has 3 aliphatic rings. The van der Waals surface area contributed by atoms with Crippen LogP contribution in [0.1, 0.15) is 60.5 Å². The number of rotatable bonds is 6. The molecule has 3 amide bonds. The van der Waals surface area contributed by atoms with Crippen LogP contribution in [0.15, 0.2) is 36.4 Å². The third-order valence-corrected chi connectivity index (χ3v) is 4.96. The summed E-state index contributed by atoms with van der Waals surface area (Å²) in [5.74, 6) is -5.37. The first-order valence-corrected chi connectivity index (χ1v) is 9.90. The maximum Gasteiger partial charge on any atom is 0.255 e. The number of hydrogen-bond donors (Lipinski definition) is 1. The van der Waals surface area contributed by atoms with E-state index in [0.29, 0.717) is 23.1 Å². The van der Waals surface area contributed by atoms with E-state index in [0.717, 1.165) is 12.1 Å². The summed E-state index contributed by atoms with van der Waals surface area (Å²) in [6.45, 7) is -24.4. The van der Waals surface area contributed by atoms with Crippen LogP contribution in [-0.4, -0.2) is 59.7 Å². The van der Waals surface area contributed by atoms with Crippen molar-refractivity contribution in [3.05, 3.63) is 64.5 Å². The van der Waals surface area contributed by atoms with E-state index in [2.05, 4.69) is 4.74 Å². The van der Waals surface area contributed by atoms with Gasteiger partial charge in [-0.25, -0.2) is 4.39 Å². The molecule has 2 saturated heterocycles. The maximum atomic E-state index is 15.7. The number of fused-ring (bicyclic) bond motifs is 1. The molecule has 9 heteroatoms. The summed E-state index contributed by atoms with van der Waals surface area (Å²) in [5, 5.41) is 1.89. The van der Waals surface area contributed by atoms with Gasteiger partial charge in [0.05, 0.1) is 32.0 Å². The highest BCUT2D eigenvalue weighted by atomic mass is 19.1. The van der Waals surface area contributed by atoms with Gasteiger partial charge >= 0.3 is 0 Å². The van der Waals surface area contributed by atoms with Gasteiger partial charge < -0.3 is 14.4 Å².